The Labute approximate surface area is 141 Å². The zero-order chi connectivity index (χ0) is 17.4. The van der Waals surface area contributed by atoms with Gasteiger partial charge in [0.05, 0.1) is 10.6 Å². The minimum Gasteiger partial charge on any atom is -0.375 e. The number of thiazole rings is 1. The van der Waals surface area contributed by atoms with Gasteiger partial charge < -0.3 is 10.3 Å². The normalized spacial score (nSPS) is 11.2. The summed E-state index contributed by atoms with van der Waals surface area (Å²) < 4.78 is 29.2. The largest absolute Gasteiger partial charge is 0.375 e. The number of nitrogens with zero attached hydrogens (tertiary/aromatic N) is 2. The van der Waals surface area contributed by atoms with Gasteiger partial charge in [-0.05, 0) is 38.1 Å². The molecule has 0 bridgehead atoms. The zero-order valence-corrected chi connectivity index (χ0v) is 13.9. The number of aromatic nitrogens is 2. The van der Waals surface area contributed by atoms with Crippen LogP contribution in [0.1, 0.15) is 19.9 Å². The zero-order valence-electron chi connectivity index (χ0n) is 13.1. The van der Waals surface area contributed by atoms with Crippen LogP contribution >= 0.6 is 11.3 Å². The van der Waals surface area contributed by atoms with Crippen molar-refractivity contribution in [3.63, 3.8) is 0 Å². The Morgan fingerprint density at radius 3 is 2.67 bits per heavy atom. The first-order chi connectivity index (χ1) is 11.4. The molecule has 3 aromatic rings. The van der Waals surface area contributed by atoms with Gasteiger partial charge in [-0.2, -0.15) is 0 Å². The molecule has 1 aromatic carbocycles. The van der Waals surface area contributed by atoms with E-state index in [1.54, 1.807) is 16.8 Å². The van der Waals surface area contributed by atoms with Crippen LogP contribution in [0.5, 0.6) is 0 Å². The van der Waals surface area contributed by atoms with E-state index < -0.39 is 11.6 Å². The van der Waals surface area contributed by atoms with Crippen molar-refractivity contribution in [2.45, 2.75) is 19.9 Å². The highest BCUT2D eigenvalue weighted by Crippen LogP contribution is 2.38. The molecule has 3 rings (SSSR count). The van der Waals surface area contributed by atoms with Crippen LogP contribution in [-0.2, 0) is 0 Å². The third-order valence-electron chi connectivity index (χ3n) is 3.58. The second kappa shape index (κ2) is 6.16. The molecule has 0 saturated carbocycles. The number of rotatable bonds is 3. The van der Waals surface area contributed by atoms with Crippen molar-refractivity contribution in [3.8, 4) is 21.7 Å². The van der Waals surface area contributed by atoms with Crippen LogP contribution in [0.15, 0.2) is 41.3 Å². The van der Waals surface area contributed by atoms with Crippen molar-refractivity contribution < 1.29 is 8.78 Å². The molecule has 0 aliphatic heterocycles. The van der Waals surface area contributed by atoms with Crippen molar-refractivity contribution in [1.82, 2.24) is 9.55 Å². The Kier molecular flexibility index (Phi) is 4.19. The number of anilines is 1. The van der Waals surface area contributed by atoms with E-state index in [1.165, 1.54) is 17.4 Å². The molecule has 0 unspecified atom stereocenters. The van der Waals surface area contributed by atoms with Gasteiger partial charge in [-0.1, -0.05) is 11.3 Å². The van der Waals surface area contributed by atoms with E-state index >= 15 is 0 Å². The molecule has 0 amide bonds. The van der Waals surface area contributed by atoms with Crippen molar-refractivity contribution in [2.75, 3.05) is 5.73 Å². The molecule has 2 heterocycles. The second-order valence-corrected chi connectivity index (χ2v) is 6.64. The molecular formula is C17H15F2N3OS. The Bertz CT molecular complexity index is 963. The Morgan fingerprint density at radius 2 is 1.96 bits per heavy atom. The maximum atomic E-state index is 14.1. The van der Waals surface area contributed by atoms with Crippen molar-refractivity contribution in [3.05, 3.63) is 58.5 Å². The van der Waals surface area contributed by atoms with Crippen LogP contribution in [0.25, 0.3) is 21.7 Å². The van der Waals surface area contributed by atoms with Gasteiger partial charge in [-0.3, -0.25) is 4.79 Å². The molecule has 0 aliphatic rings. The summed E-state index contributed by atoms with van der Waals surface area (Å²) in [5.41, 5.74) is 6.64. The van der Waals surface area contributed by atoms with E-state index in [0.717, 1.165) is 18.2 Å². The molecule has 2 N–H and O–H groups in total. The molecule has 0 radical (unpaired) electrons. The van der Waals surface area contributed by atoms with E-state index in [1.807, 2.05) is 13.8 Å². The number of hydrogen-bond donors (Lipinski definition) is 1. The molecular weight excluding hydrogens is 332 g/mol. The molecule has 24 heavy (non-hydrogen) atoms. The van der Waals surface area contributed by atoms with Crippen molar-refractivity contribution in [2.24, 2.45) is 0 Å². The summed E-state index contributed by atoms with van der Waals surface area (Å²) in [6, 6.07) is 6.24. The van der Waals surface area contributed by atoms with E-state index in [-0.39, 0.29) is 28.0 Å². The molecule has 124 valence electrons. The minimum absolute atomic E-state index is 0.0305. The Hall–Kier alpha value is -2.54. The summed E-state index contributed by atoms with van der Waals surface area (Å²) in [6.07, 6.45) is 1.68. The average Bonchev–Trinajstić information content (AvgIpc) is 2.91. The third-order valence-corrected chi connectivity index (χ3v) is 4.52. The number of nitrogen functional groups attached to an aromatic ring is 1. The lowest BCUT2D eigenvalue weighted by molar-refractivity contribution is 0.579. The van der Waals surface area contributed by atoms with Gasteiger partial charge in [0, 0.05) is 29.4 Å². The molecule has 0 spiro atoms. The lowest BCUT2D eigenvalue weighted by Gasteiger charge is -2.11. The SMILES string of the molecule is CC(C)n1cc(-c2sc(N)nc2-c2cc(F)ccc2F)ccc1=O. The fraction of sp³-hybridized carbons (Fsp3) is 0.176. The number of pyridine rings is 1. The van der Waals surface area contributed by atoms with Gasteiger partial charge in [0.2, 0.25) is 0 Å². The predicted octanol–water partition coefficient (Wildman–Crippen LogP) is 4.08. The van der Waals surface area contributed by atoms with Gasteiger partial charge in [0.15, 0.2) is 5.13 Å². The highest BCUT2D eigenvalue weighted by atomic mass is 32.1. The van der Waals surface area contributed by atoms with Gasteiger partial charge in [0.25, 0.3) is 5.56 Å². The molecule has 0 fully saturated rings. The average molecular weight is 347 g/mol. The highest BCUT2D eigenvalue weighted by molar-refractivity contribution is 7.19. The first kappa shape index (κ1) is 16.3. The van der Waals surface area contributed by atoms with Gasteiger partial charge in [0.1, 0.15) is 11.6 Å². The molecule has 2 aromatic heterocycles. The quantitative estimate of drug-likeness (QED) is 0.776. The molecule has 4 nitrogen and oxygen atoms in total. The topological polar surface area (TPSA) is 60.9 Å². The summed E-state index contributed by atoms with van der Waals surface area (Å²) in [5, 5.41) is 0.242. The summed E-state index contributed by atoms with van der Waals surface area (Å²) in [4.78, 5) is 16.7. The Morgan fingerprint density at radius 1 is 1.21 bits per heavy atom. The maximum Gasteiger partial charge on any atom is 0.250 e. The van der Waals surface area contributed by atoms with Crippen LogP contribution in [0.2, 0.25) is 0 Å². The molecule has 0 aliphatic carbocycles. The summed E-state index contributed by atoms with van der Waals surface area (Å²) in [6.45, 7) is 3.78. The van der Waals surface area contributed by atoms with Crippen molar-refractivity contribution >= 4 is 16.5 Å². The Balaban J connectivity index is 2.22. The molecule has 0 saturated heterocycles. The lowest BCUT2D eigenvalue weighted by Crippen LogP contribution is -2.20. The van der Waals surface area contributed by atoms with Crippen LogP contribution in [0.4, 0.5) is 13.9 Å². The van der Waals surface area contributed by atoms with Gasteiger partial charge in [-0.15, -0.1) is 0 Å². The first-order valence-corrected chi connectivity index (χ1v) is 8.12. The number of nitrogens with two attached hydrogens (primary N) is 1. The van der Waals surface area contributed by atoms with Gasteiger partial charge >= 0.3 is 0 Å². The summed E-state index contributed by atoms with van der Waals surface area (Å²) in [5.74, 6) is -1.14. The van der Waals surface area contributed by atoms with E-state index in [4.69, 9.17) is 5.73 Å². The van der Waals surface area contributed by atoms with E-state index in [9.17, 15) is 13.6 Å². The second-order valence-electron chi connectivity index (χ2n) is 5.61. The van der Waals surface area contributed by atoms with Gasteiger partial charge in [-0.25, -0.2) is 13.8 Å². The predicted molar refractivity (Wildman–Crippen MR) is 92.0 cm³/mol. The third kappa shape index (κ3) is 2.94. The lowest BCUT2D eigenvalue weighted by atomic mass is 10.1. The summed E-state index contributed by atoms with van der Waals surface area (Å²) in [7, 11) is 0. The maximum absolute atomic E-state index is 14.1. The highest BCUT2D eigenvalue weighted by Gasteiger charge is 2.18. The van der Waals surface area contributed by atoms with E-state index in [2.05, 4.69) is 4.98 Å². The smallest absolute Gasteiger partial charge is 0.250 e. The fourth-order valence-corrected chi connectivity index (χ4v) is 3.27. The van der Waals surface area contributed by atoms with Crippen LogP contribution < -0.4 is 11.3 Å². The monoisotopic (exact) mass is 347 g/mol. The van der Waals surface area contributed by atoms with Crippen LogP contribution in [0, 0.1) is 11.6 Å². The van der Waals surface area contributed by atoms with E-state index in [0.29, 0.717) is 10.4 Å². The van der Waals surface area contributed by atoms with Crippen molar-refractivity contribution in [1.29, 1.82) is 0 Å². The number of hydrogen-bond acceptors (Lipinski definition) is 4. The first-order valence-electron chi connectivity index (χ1n) is 7.31. The molecule has 0 atom stereocenters. The minimum atomic E-state index is -0.583. The summed E-state index contributed by atoms with van der Waals surface area (Å²) >= 11 is 1.17. The number of halogens is 2. The van der Waals surface area contributed by atoms with Crippen LogP contribution in [-0.4, -0.2) is 9.55 Å². The standard InChI is InChI=1S/C17H15F2N3OS/c1-9(2)22-8-10(3-6-14(22)23)16-15(21-17(20)24-16)12-7-11(18)4-5-13(12)19/h3-9H,1-2H3,(H2,20,21). The molecule has 7 heteroatoms. The van der Waals surface area contributed by atoms with Crippen LogP contribution in [0.3, 0.4) is 0 Å². The fourth-order valence-electron chi connectivity index (χ4n) is 2.44. The number of benzene rings is 1.